The van der Waals surface area contributed by atoms with Gasteiger partial charge in [-0.2, -0.15) is 0 Å². The molecule has 0 aliphatic carbocycles. The minimum Gasteiger partial charge on any atom is -0.378 e. The fourth-order valence-electron chi connectivity index (χ4n) is 3.81. The molecule has 1 aliphatic heterocycles. The Balaban J connectivity index is 1.33. The van der Waals surface area contributed by atoms with E-state index in [9.17, 15) is 4.79 Å². The predicted molar refractivity (Wildman–Crippen MR) is 126 cm³/mol. The van der Waals surface area contributed by atoms with E-state index in [0.29, 0.717) is 13.2 Å². The fraction of sp³-hybridized carbons (Fsp3) is 0.269. The van der Waals surface area contributed by atoms with Gasteiger partial charge in [-0.05, 0) is 35.7 Å². The number of hydrogen-bond donors (Lipinski definition) is 2. The Hall–Kier alpha value is -3.15. The van der Waals surface area contributed by atoms with Gasteiger partial charge in [0.2, 0.25) is 5.91 Å². The Labute approximate surface area is 184 Å². The second kappa shape index (κ2) is 10.2. The molecular formula is C26H29N3O2. The molecule has 31 heavy (non-hydrogen) atoms. The molecule has 5 nitrogen and oxygen atoms in total. The summed E-state index contributed by atoms with van der Waals surface area (Å²) in [6.07, 6.45) is 0. The van der Waals surface area contributed by atoms with Crippen LogP contribution in [0.15, 0.2) is 78.9 Å². The molecule has 5 heteroatoms. The Bertz CT molecular complexity index is 983. The van der Waals surface area contributed by atoms with Crippen LogP contribution in [0.25, 0.3) is 11.1 Å². The first-order valence-electron chi connectivity index (χ1n) is 10.8. The van der Waals surface area contributed by atoms with Crippen LogP contribution in [0.1, 0.15) is 18.5 Å². The van der Waals surface area contributed by atoms with Crippen LogP contribution in [0.4, 0.5) is 11.4 Å². The standard InChI is InChI=1S/C26H29N3O2/c1-20(21-11-13-23(14-12-21)22-7-3-2-4-8-22)27-19-26(30)28-24-9-5-6-10-25(24)29-15-17-31-18-16-29/h2-14,20,27H,15-19H2,1H3,(H,28,30). The highest BCUT2D eigenvalue weighted by Gasteiger charge is 2.16. The maximum absolute atomic E-state index is 12.6. The first kappa shape index (κ1) is 21.1. The van der Waals surface area contributed by atoms with Crippen molar-refractivity contribution in [2.75, 3.05) is 43.1 Å². The Morgan fingerprint density at radius 1 is 0.903 bits per heavy atom. The van der Waals surface area contributed by atoms with Crippen LogP contribution in [-0.2, 0) is 9.53 Å². The van der Waals surface area contributed by atoms with Crippen molar-refractivity contribution in [3.05, 3.63) is 84.4 Å². The predicted octanol–water partition coefficient (Wildman–Crippen LogP) is 4.48. The molecule has 3 aromatic rings. The zero-order chi connectivity index (χ0) is 21.5. The van der Waals surface area contributed by atoms with Gasteiger partial charge in [0, 0.05) is 19.1 Å². The van der Waals surface area contributed by atoms with E-state index >= 15 is 0 Å². The van der Waals surface area contributed by atoms with Gasteiger partial charge in [-0.3, -0.25) is 4.79 Å². The zero-order valence-electron chi connectivity index (χ0n) is 17.9. The van der Waals surface area contributed by atoms with Gasteiger partial charge in [0.15, 0.2) is 0 Å². The number of para-hydroxylation sites is 2. The molecule has 2 N–H and O–H groups in total. The van der Waals surface area contributed by atoms with Crippen LogP contribution in [0.2, 0.25) is 0 Å². The molecule has 4 rings (SSSR count). The van der Waals surface area contributed by atoms with Gasteiger partial charge in [-0.1, -0.05) is 66.7 Å². The average molecular weight is 416 g/mol. The van der Waals surface area contributed by atoms with Gasteiger partial charge < -0.3 is 20.3 Å². The van der Waals surface area contributed by atoms with Crippen molar-refractivity contribution in [2.45, 2.75) is 13.0 Å². The molecule has 1 aliphatic rings. The number of amides is 1. The Morgan fingerprint density at radius 2 is 1.55 bits per heavy atom. The van der Waals surface area contributed by atoms with E-state index in [-0.39, 0.29) is 18.5 Å². The molecule has 0 bridgehead atoms. The third-order valence-corrected chi connectivity index (χ3v) is 5.62. The number of anilines is 2. The van der Waals surface area contributed by atoms with Crippen molar-refractivity contribution in [2.24, 2.45) is 0 Å². The van der Waals surface area contributed by atoms with Gasteiger partial charge in [0.1, 0.15) is 0 Å². The van der Waals surface area contributed by atoms with Gasteiger partial charge in [0.05, 0.1) is 31.1 Å². The maximum atomic E-state index is 12.6. The number of ether oxygens (including phenoxy) is 1. The Morgan fingerprint density at radius 3 is 2.29 bits per heavy atom. The average Bonchev–Trinajstić information content (AvgIpc) is 2.84. The third kappa shape index (κ3) is 5.51. The van der Waals surface area contributed by atoms with Crippen LogP contribution >= 0.6 is 0 Å². The number of carbonyl (C=O) groups is 1. The van der Waals surface area contributed by atoms with E-state index < -0.39 is 0 Å². The highest BCUT2D eigenvalue weighted by atomic mass is 16.5. The van der Waals surface area contributed by atoms with E-state index in [1.54, 1.807) is 0 Å². The summed E-state index contributed by atoms with van der Waals surface area (Å²) in [5, 5.41) is 6.39. The smallest absolute Gasteiger partial charge is 0.238 e. The molecule has 0 saturated carbocycles. The molecule has 160 valence electrons. The first-order valence-corrected chi connectivity index (χ1v) is 10.8. The number of nitrogens with zero attached hydrogens (tertiary/aromatic N) is 1. The van der Waals surface area contributed by atoms with Crippen molar-refractivity contribution in [3.63, 3.8) is 0 Å². The lowest BCUT2D eigenvalue weighted by molar-refractivity contribution is -0.115. The summed E-state index contributed by atoms with van der Waals surface area (Å²) in [4.78, 5) is 14.9. The van der Waals surface area contributed by atoms with Crippen LogP contribution in [0.5, 0.6) is 0 Å². The number of hydrogen-bond acceptors (Lipinski definition) is 4. The molecule has 1 fully saturated rings. The summed E-state index contributed by atoms with van der Waals surface area (Å²) in [6, 6.07) is 26.8. The third-order valence-electron chi connectivity index (χ3n) is 5.62. The van der Waals surface area contributed by atoms with E-state index in [4.69, 9.17) is 4.74 Å². The SMILES string of the molecule is CC(NCC(=O)Nc1ccccc1N1CCOCC1)c1ccc(-c2ccccc2)cc1. The second-order valence-corrected chi connectivity index (χ2v) is 7.76. The summed E-state index contributed by atoms with van der Waals surface area (Å²) in [6.45, 7) is 5.42. The van der Waals surface area contributed by atoms with E-state index in [2.05, 4.69) is 58.9 Å². The normalized spacial score (nSPS) is 14.8. The lowest BCUT2D eigenvalue weighted by Gasteiger charge is -2.30. The van der Waals surface area contributed by atoms with Crippen LogP contribution in [-0.4, -0.2) is 38.8 Å². The van der Waals surface area contributed by atoms with Crippen LogP contribution < -0.4 is 15.5 Å². The molecule has 1 unspecified atom stereocenters. The van der Waals surface area contributed by atoms with E-state index in [1.807, 2.05) is 42.5 Å². The maximum Gasteiger partial charge on any atom is 0.238 e. The van der Waals surface area contributed by atoms with Gasteiger partial charge in [-0.15, -0.1) is 0 Å². The molecular weight excluding hydrogens is 386 g/mol. The molecule has 0 radical (unpaired) electrons. The van der Waals surface area contributed by atoms with Crippen molar-refractivity contribution in [3.8, 4) is 11.1 Å². The highest BCUT2D eigenvalue weighted by Crippen LogP contribution is 2.26. The molecule has 0 spiro atoms. The minimum atomic E-state index is -0.0477. The van der Waals surface area contributed by atoms with Crippen LogP contribution in [0.3, 0.4) is 0 Å². The summed E-state index contributed by atoms with van der Waals surface area (Å²) in [7, 11) is 0. The number of rotatable bonds is 7. The molecule has 1 heterocycles. The number of benzene rings is 3. The van der Waals surface area contributed by atoms with Crippen molar-refractivity contribution in [1.82, 2.24) is 5.32 Å². The van der Waals surface area contributed by atoms with Crippen LogP contribution in [0, 0.1) is 0 Å². The van der Waals surface area contributed by atoms with Crippen molar-refractivity contribution >= 4 is 17.3 Å². The molecule has 1 amide bonds. The minimum absolute atomic E-state index is 0.0477. The summed E-state index contributed by atoms with van der Waals surface area (Å²) in [5.74, 6) is -0.0477. The zero-order valence-corrected chi connectivity index (χ0v) is 17.9. The lowest BCUT2D eigenvalue weighted by atomic mass is 10.0. The first-order chi connectivity index (χ1) is 15.2. The quantitative estimate of drug-likeness (QED) is 0.597. The molecule has 1 atom stereocenters. The topological polar surface area (TPSA) is 53.6 Å². The monoisotopic (exact) mass is 415 g/mol. The molecule has 0 aromatic heterocycles. The second-order valence-electron chi connectivity index (χ2n) is 7.76. The summed E-state index contributed by atoms with van der Waals surface area (Å²) < 4.78 is 5.44. The number of carbonyl (C=O) groups excluding carboxylic acids is 1. The fourth-order valence-corrected chi connectivity index (χ4v) is 3.81. The summed E-state index contributed by atoms with van der Waals surface area (Å²) in [5.41, 5.74) is 5.43. The highest BCUT2D eigenvalue weighted by molar-refractivity contribution is 5.95. The van der Waals surface area contributed by atoms with Gasteiger partial charge in [-0.25, -0.2) is 0 Å². The number of nitrogens with one attached hydrogen (secondary N) is 2. The summed E-state index contributed by atoms with van der Waals surface area (Å²) >= 11 is 0. The Kier molecular flexibility index (Phi) is 6.97. The van der Waals surface area contributed by atoms with Crippen molar-refractivity contribution < 1.29 is 9.53 Å². The van der Waals surface area contributed by atoms with Gasteiger partial charge in [0.25, 0.3) is 0 Å². The van der Waals surface area contributed by atoms with Crippen molar-refractivity contribution in [1.29, 1.82) is 0 Å². The molecule has 3 aromatic carbocycles. The molecule has 1 saturated heterocycles. The van der Waals surface area contributed by atoms with E-state index in [1.165, 1.54) is 11.1 Å². The lowest BCUT2D eigenvalue weighted by Crippen LogP contribution is -2.37. The van der Waals surface area contributed by atoms with E-state index in [0.717, 1.165) is 30.0 Å². The number of morpholine rings is 1. The largest absolute Gasteiger partial charge is 0.378 e. The van der Waals surface area contributed by atoms with Gasteiger partial charge >= 0.3 is 0 Å².